The molecule has 0 aromatic heterocycles. The Morgan fingerprint density at radius 3 is 2.37 bits per heavy atom. The molecule has 2 aromatic rings. The summed E-state index contributed by atoms with van der Waals surface area (Å²) in [6, 6.07) is 18.1. The Kier molecular flexibility index (Phi) is 6.95. The van der Waals surface area contributed by atoms with E-state index in [-0.39, 0.29) is 18.9 Å². The molecule has 0 amide bonds. The fourth-order valence-corrected chi connectivity index (χ4v) is 2.20. The van der Waals surface area contributed by atoms with Gasteiger partial charge in [-0.3, -0.25) is 0 Å². The summed E-state index contributed by atoms with van der Waals surface area (Å²) < 4.78 is 4.83. The fourth-order valence-electron chi connectivity index (χ4n) is 2.20. The van der Waals surface area contributed by atoms with Gasteiger partial charge >= 0.3 is 18.9 Å². The fraction of sp³-hybridized carbons (Fsp3) is 0.294. The third-order valence-electron chi connectivity index (χ3n) is 3.02. The topological polar surface area (TPSA) is 9.23 Å². The first-order valence-corrected chi connectivity index (χ1v) is 6.52. The van der Waals surface area contributed by atoms with E-state index >= 15 is 0 Å². The molecule has 0 fully saturated rings. The normalized spacial score (nSPS) is 10.6. The number of ether oxygens (including phenoxy) is 1. The Morgan fingerprint density at radius 1 is 1.00 bits per heavy atom. The van der Waals surface area contributed by atoms with Crippen molar-refractivity contribution in [2.45, 2.75) is 20.3 Å². The van der Waals surface area contributed by atoms with Gasteiger partial charge in [-0.1, -0.05) is 35.4 Å². The van der Waals surface area contributed by atoms with Gasteiger partial charge in [-0.25, -0.2) is 0 Å². The van der Waals surface area contributed by atoms with Crippen molar-refractivity contribution in [2.24, 2.45) is 0 Å². The molecule has 2 heteroatoms. The van der Waals surface area contributed by atoms with Crippen LogP contribution in [0.5, 0.6) is 0 Å². The molecule has 0 saturated carbocycles. The summed E-state index contributed by atoms with van der Waals surface area (Å²) in [5, 5.41) is 0. The van der Waals surface area contributed by atoms with Crippen molar-refractivity contribution in [3.63, 3.8) is 0 Å². The smallest absolute Gasteiger partial charge is 0.382 e. The summed E-state index contributed by atoms with van der Waals surface area (Å²) in [4.78, 5) is 0. The van der Waals surface area contributed by atoms with E-state index in [1.54, 1.807) is 0 Å². The molecule has 0 radical (unpaired) electrons. The van der Waals surface area contributed by atoms with Crippen LogP contribution in [0, 0.1) is 6.07 Å². The molecular formula is C17H19LiO. The van der Waals surface area contributed by atoms with Crippen molar-refractivity contribution >= 4 is 0 Å². The van der Waals surface area contributed by atoms with Crippen LogP contribution < -0.4 is 18.9 Å². The van der Waals surface area contributed by atoms with Crippen LogP contribution in [-0.2, 0) is 11.2 Å². The molecule has 94 valence electrons. The van der Waals surface area contributed by atoms with Crippen LogP contribution in [0.1, 0.15) is 25.0 Å². The van der Waals surface area contributed by atoms with Crippen molar-refractivity contribution in [3.8, 4) is 11.1 Å². The van der Waals surface area contributed by atoms with Crippen molar-refractivity contribution in [3.05, 3.63) is 59.7 Å². The predicted octanol–water partition coefficient (Wildman–Crippen LogP) is 1.10. The maximum atomic E-state index is 4.83. The van der Waals surface area contributed by atoms with Crippen LogP contribution in [0.15, 0.2) is 42.5 Å². The van der Waals surface area contributed by atoms with E-state index in [0.717, 1.165) is 19.6 Å². The van der Waals surface area contributed by atoms with Gasteiger partial charge in [-0.05, 0) is 20.3 Å². The first kappa shape index (κ1) is 16.1. The van der Waals surface area contributed by atoms with Gasteiger partial charge in [-0.15, -0.1) is 5.56 Å². The zero-order valence-corrected chi connectivity index (χ0v) is 12.1. The Labute approximate surface area is 128 Å². The molecule has 0 aliphatic heterocycles. The summed E-state index contributed by atoms with van der Waals surface area (Å²) in [5.74, 6) is 0. The predicted molar refractivity (Wildman–Crippen MR) is 75.7 cm³/mol. The van der Waals surface area contributed by atoms with Gasteiger partial charge in [0.1, 0.15) is 0 Å². The molecule has 1 nitrogen and oxygen atoms in total. The first-order chi connectivity index (χ1) is 8.86. The van der Waals surface area contributed by atoms with Crippen molar-refractivity contribution in [2.75, 3.05) is 13.2 Å². The van der Waals surface area contributed by atoms with Gasteiger partial charge in [0.15, 0.2) is 0 Å². The summed E-state index contributed by atoms with van der Waals surface area (Å²) in [5.41, 5.74) is 5.51. The van der Waals surface area contributed by atoms with E-state index in [0.29, 0.717) is 0 Å². The average molecular weight is 246 g/mol. The SMILES string of the molecule is CCOCC.[Li+].[c-]1cccc2c1Cc1ccccc1-2. The van der Waals surface area contributed by atoms with E-state index < -0.39 is 0 Å². The van der Waals surface area contributed by atoms with E-state index in [9.17, 15) is 0 Å². The van der Waals surface area contributed by atoms with E-state index in [4.69, 9.17) is 4.74 Å². The van der Waals surface area contributed by atoms with E-state index in [1.807, 2.05) is 19.9 Å². The van der Waals surface area contributed by atoms with Gasteiger partial charge in [0.05, 0.1) is 0 Å². The zero-order chi connectivity index (χ0) is 12.8. The number of rotatable bonds is 2. The Hall–Kier alpha value is -1.00. The van der Waals surface area contributed by atoms with Gasteiger partial charge in [0.2, 0.25) is 0 Å². The van der Waals surface area contributed by atoms with Gasteiger partial charge in [0, 0.05) is 13.2 Å². The first-order valence-electron chi connectivity index (χ1n) is 6.52. The van der Waals surface area contributed by atoms with Gasteiger partial charge in [0.25, 0.3) is 0 Å². The summed E-state index contributed by atoms with van der Waals surface area (Å²) >= 11 is 0. The minimum atomic E-state index is 0. The molecular weight excluding hydrogens is 227 g/mol. The second-order valence-electron chi connectivity index (χ2n) is 4.18. The van der Waals surface area contributed by atoms with Gasteiger partial charge < -0.3 is 4.74 Å². The number of hydrogen-bond donors (Lipinski definition) is 0. The third-order valence-corrected chi connectivity index (χ3v) is 3.02. The zero-order valence-electron chi connectivity index (χ0n) is 12.1. The molecule has 0 bridgehead atoms. The second-order valence-corrected chi connectivity index (χ2v) is 4.18. The molecule has 0 heterocycles. The van der Waals surface area contributed by atoms with Crippen LogP contribution in [-0.4, -0.2) is 13.2 Å². The minimum Gasteiger partial charge on any atom is -0.382 e. The number of fused-ring (bicyclic) bond motifs is 3. The Balaban J connectivity index is 0.000000265. The number of hydrogen-bond acceptors (Lipinski definition) is 1. The second kappa shape index (κ2) is 8.22. The Bertz CT molecular complexity index is 463. The standard InChI is InChI=1S/C13H9.C4H10O.Li/c1-3-7-12-10(5-1)9-11-6-2-4-8-13(11)12;1-3-5-4-2;/h1-5,7-8H,9H2;3-4H2,1-2H3;/q-1;;+1. The van der Waals surface area contributed by atoms with E-state index in [2.05, 4.69) is 42.5 Å². The van der Waals surface area contributed by atoms with E-state index in [1.165, 1.54) is 22.3 Å². The summed E-state index contributed by atoms with van der Waals surface area (Å²) in [6.07, 6.45) is 1.05. The van der Waals surface area contributed by atoms with Crippen LogP contribution in [0.4, 0.5) is 0 Å². The van der Waals surface area contributed by atoms with Crippen LogP contribution in [0.25, 0.3) is 11.1 Å². The van der Waals surface area contributed by atoms with Gasteiger partial charge in [-0.2, -0.15) is 29.8 Å². The molecule has 1 aliphatic carbocycles. The van der Waals surface area contributed by atoms with Crippen molar-refractivity contribution in [1.82, 2.24) is 0 Å². The maximum Gasteiger partial charge on any atom is 1.00 e. The molecule has 0 spiro atoms. The van der Waals surface area contributed by atoms with Crippen LogP contribution in [0.2, 0.25) is 0 Å². The third kappa shape index (κ3) is 3.98. The molecule has 0 unspecified atom stereocenters. The van der Waals surface area contributed by atoms with Crippen molar-refractivity contribution in [1.29, 1.82) is 0 Å². The molecule has 1 aliphatic rings. The summed E-state index contributed by atoms with van der Waals surface area (Å²) in [6.45, 7) is 5.67. The monoisotopic (exact) mass is 246 g/mol. The minimum absolute atomic E-state index is 0. The molecule has 0 atom stereocenters. The number of benzene rings is 2. The molecule has 3 rings (SSSR count). The van der Waals surface area contributed by atoms with Crippen molar-refractivity contribution < 1.29 is 23.6 Å². The molecule has 0 N–H and O–H groups in total. The van der Waals surface area contributed by atoms with Crippen LogP contribution >= 0.6 is 0 Å². The average Bonchev–Trinajstić information content (AvgIpc) is 2.79. The summed E-state index contributed by atoms with van der Waals surface area (Å²) in [7, 11) is 0. The Morgan fingerprint density at radius 2 is 1.68 bits per heavy atom. The molecule has 19 heavy (non-hydrogen) atoms. The molecule has 0 saturated heterocycles. The van der Waals surface area contributed by atoms with Crippen LogP contribution in [0.3, 0.4) is 0 Å². The maximum absolute atomic E-state index is 4.83. The quantitative estimate of drug-likeness (QED) is 0.486. The largest absolute Gasteiger partial charge is 1.00 e. The molecule has 2 aromatic carbocycles.